The summed E-state index contributed by atoms with van der Waals surface area (Å²) in [6.45, 7) is 6.77. The molecular formula is C12H18N4O. The van der Waals surface area contributed by atoms with E-state index in [9.17, 15) is 4.79 Å². The van der Waals surface area contributed by atoms with Gasteiger partial charge in [0, 0.05) is 18.8 Å². The highest BCUT2D eigenvalue weighted by Crippen LogP contribution is 2.17. The summed E-state index contributed by atoms with van der Waals surface area (Å²) in [5.74, 6) is 0.831. The Bertz CT molecular complexity index is 419. The number of aryl methyl sites for hydroxylation is 1. The number of amides is 1. The van der Waals surface area contributed by atoms with Crippen molar-refractivity contribution in [2.24, 2.45) is 0 Å². The molecule has 92 valence electrons. The van der Waals surface area contributed by atoms with E-state index in [2.05, 4.69) is 15.3 Å². The Morgan fingerprint density at radius 3 is 2.82 bits per heavy atom. The number of anilines is 1. The van der Waals surface area contributed by atoms with Crippen LogP contribution < -0.4 is 5.32 Å². The number of nitrogens with one attached hydrogen (secondary N) is 1. The van der Waals surface area contributed by atoms with Gasteiger partial charge in [0.15, 0.2) is 0 Å². The van der Waals surface area contributed by atoms with Crippen molar-refractivity contribution in [2.45, 2.75) is 39.3 Å². The predicted molar refractivity (Wildman–Crippen MR) is 65.6 cm³/mol. The fourth-order valence-electron chi connectivity index (χ4n) is 2.06. The second kappa shape index (κ2) is 4.69. The molecule has 1 atom stereocenters. The lowest BCUT2D eigenvalue weighted by atomic mass is 10.2. The molecule has 0 aliphatic carbocycles. The van der Waals surface area contributed by atoms with Crippen molar-refractivity contribution < 1.29 is 4.79 Å². The van der Waals surface area contributed by atoms with E-state index < -0.39 is 0 Å². The SMILES string of the molecule is Cc1cncc(NC2CCN(C(C)C)C2=O)n1. The van der Waals surface area contributed by atoms with Crippen LogP contribution >= 0.6 is 0 Å². The molecule has 0 radical (unpaired) electrons. The lowest BCUT2D eigenvalue weighted by Crippen LogP contribution is -2.37. The number of hydrogen-bond acceptors (Lipinski definition) is 4. The van der Waals surface area contributed by atoms with Gasteiger partial charge in [-0.3, -0.25) is 9.78 Å². The van der Waals surface area contributed by atoms with Crippen molar-refractivity contribution >= 4 is 11.7 Å². The molecule has 5 heteroatoms. The zero-order chi connectivity index (χ0) is 12.4. The van der Waals surface area contributed by atoms with Crippen LogP contribution in [0, 0.1) is 6.92 Å². The molecule has 1 aromatic heterocycles. The predicted octanol–water partition coefficient (Wildman–Crippen LogP) is 1.21. The molecule has 0 saturated carbocycles. The third-order valence-electron chi connectivity index (χ3n) is 2.94. The van der Waals surface area contributed by atoms with E-state index in [0.29, 0.717) is 5.82 Å². The molecule has 1 aromatic rings. The van der Waals surface area contributed by atoms with Gasteiger partial charge in [0.2, 0.25) is 5.91 Å². The molecule has 1 fully saturated rings. The summed E-state index contributed by atoms with van der Waals surface area (Å²) in [7, 11) is 0. The van der Waals surface area contributed by atoms with Crippen molar-refractivity contribution in [3.05, 3.63) is 18.1 Å². The molecule has 2 rings (SSSR count). The summed E-state index contributed by atoms with van der Waals surface area (Å²) in [5, 5.41) is 3.15. The monoisotopic (exact) mass is 234 g/mol. The first-order chi connectivity index (χ1) is 8.08. The van der Waals surface area contributed by atoms with Gasteiger partial charge >= 0.3 is 0 Å². The molecule has 2 heterocycles. The number of aromatic nitrogens is 2. The fraction of sp³-hybridized carbons (Fsp3) is 0.583. The van der Waals surface area contributed by atoms with Crippen molar-refractivity contribution in [2.75, 3.05) is 11.9 Å². The van der Waals surface area contributed by atoms with Gasteiger partial charge in [-0.2, -0.15) is 0 Å². The zero-order valence-electron chi connectivity index (χ0n) is 10.5. The van der Waals surface area contributed by atoms with Crippen LogP contribution in [0.4, 0.5) is 5.82 Å². The number of carbonyl (C=O) groups is 1. The summed E-state index contributed by atoms with van der Waals surface area (Å²) in [5.41, 5.74) is 0.848. The van der Waals surface area contributed by atoms with Crippen molar-refractivity contribution in [1.29, 1.82) is 0 Å². The van der Waals surface area contributed by atoms with Crippen LogP contribution in [-0.4, -0.2) is 39.4 Å². The fourth-order valence-corrected chi connectivity index (χ4v) is 2.06. The Morgan fingerprint density at radius 2 is 2.24 bits per heavy atom. The number of nitrogens with zero attached hydrogens (tertiary/aromatic N) is 3. The standard InChI is InChI=1S/C12H18N4O/c1-8(2)16-5-4-10(12(16)17)15-11-7-13-6-9(3)14-11/h6-8,10H,4-5H2,1-3H3,(H,14,15). The van der Waals surface area contributed by atoms with Gasteiger partial charge in [-0.25, -0.2) is 4.98 Å². The first-order valence-electron chi connectivity index (χ1n) is 5.93. The summed E-state index contributed by atoms with van der Waals surface area (Å²) >= 11 is 0. The summed E-state index contributed by atoms with van der Waals surface area (Å²) in [6.07, 6.45) is 4.17. The van der Waals surface area contributed by atoms with Crippen LogP contribution in [0.3, 0.4) is 0 Å². The first-order valence-corrected chi connectivity index (χ1v) is 5.93. The highest BCUT2D eigenvalue weighted by atomic mass is 16.2. The third kappa shape index (κ3) is 2.54. The normalized spacial score (nSPS) is 20.1. The molecule has 1 unspecified atom stereocenters. The maximum Gasteiger partial charge on any atom is 0.245 e. The van der Waals surface area contributed by atoms with E-state index in [1.807, 2.05) is 25.7 Å². The first kappa shape index (κ1) is 11.8. The Kier molecular flexibility index (Phi) is 3.26. The minimum absolute atomic E-state index is 0.156. The quantitative estimate of drug-likeness (QED) is 0.854. The smallest absolute Gasteiger partial charge is 0.245 e. The second-order valence-electron chi connectivity index (χ2n) is 4.66. The average molecular weight is 234 g/mol. The molecule has 17 heavy (non-hydrogen) atoms. The number of likely N-dealkylation sites (tertiary alicyclic amines) is 1. The maximum atomic E-state index is 12.1. The highest BCUT2D eigenvalue weighted by molar-refractivity contribution is 5.86. The van der Waals surface area contributed by atoms with E-state index in [0.717, 1.165) is 18.7 Å². The van der Waals surface area contributed by atoms with Gasteiger partial charge in [-0.1, -0.05) is 0 Å². The van der Waals surface area contributed by atoms with Crippen LogP contribution in [0.15, 0.2) is 12.4 Å². The third-order valence-corrected chi connectivity index (χ3v) is 2.94. The molecular weight excluding hydrogens is 216 g/mol. The summed E-state index contributed by atoms with van der Waals surface area (Å²) in [4.78, 5) is 22.3. The Labute approximate surface area is 101 Å². The number of rotatable bonds is 3. The molecule has 1 amide bonds. The van der Waals surface area contributed by atoms with Gasteiger partial charge in [0.25, 0.3) is 0 Å². The summed E-state index contributed by atoms with van der Waals surface area (Å²) in [6, 6.07) is 0.103. The zero-order valence-corrected chi connectivity index (χ0v) is 10.5. The summed E-state index contributed by atoms with van der Waals surface area (Å²) < 4.78 is 0. The molecule has 1 saturated heterocycles. The minimum Gasteiger partial charge on any atom is -0.357 e. The van der Waals surface area contributed by atoms with E-state index in [1.54, 1.807) is 12.4 Å². The van der Waals surface area contributed by atoms with Gasteiger partial charge in [-0.15, -0.1) is 0 Å². The van der Waals surface area contributed by atoms with Gasteiger partial charge in [-0.05, 0) is 27.2 Å². The second-order valence-corrected chi connectivity index (χ2v) is 4.66. The lowest BCUT2D eigenvalue weighted by Gasteiger charge is -2.21. The van der Waals surface area contributed by atoms with E-state index in [1.165, 1.54) is 0 Å². The van der Waals surface area contributed by atoms with E-state index >= 15 is 0 Å². The molecule has 0 bridgehead atoms. The van der Waals surface area contributed by atoms with Gasteiger partial charge in [0.1, 0.15) is 11.9 Å². The van der Waals surface area contributed by atoms with E-state index in [4.69, 9.17) is 0 Å². The van der Waals surface area contributed by atoms with Crippen LogP contribution in [0.2, 0.25) is 0 Å². The van der Waals surface area contributed by atoms with E-state index in [-0.39, 0.29) is 18.0 Å². The largest absolute Gasteiger partial charge is 0.357 e. The van der Waals surface area contributed by atoms with Crippen LogP contribution in [0.25, 0.3) is 0 Å². The number of carbonyl (C=O) groups excluding carboxylic acids is 1. The Hall–Kier alpha value is -1.65. The van der Waals surface area contributed by atoms with Crippen LogP contribution in [-0.2, 0) is 4.79 Å². The molecule has 0 aromatic carbocycles. The van der Waals surface area contributed by atoms with Crippen molar-refractivity contribution in [3.63, 3.8) is 0 Å². The number of hydrogen-bond donors (Lipinski definition) is 1. The molecule has 5 nitrogen and oxygen atoms in total. The highest BCUT2D eigenvalue weighted by Gasteiger charge is 2.32. The van der Waals surface area contributed by atoms with Crippen molar-refractivity contribution in [1.82, 2.24) is 14.9 Å². The van der Waals surface area contributed by atoms with Crippen LogP contribution in [0.5, 0.6) is 0 Å². The molecule has 1 aliphatic rings. The lowest BCUT2D eigenvalue weighted by molar-refractivity contribution is -0.129. The minimum atomic E-state index is -0.159. The molecule has 1 N–H and O–H groups in total. The Morgan fingerprint density at radius 1 is 1.47 bits per heavy atom. The topological polar surface area (TPSA) is 58.1 Å². The van der Waals surface area contributed by atoms with Gasteiger partial charge in [0.05, 0.1) is 11.9 Å². The molecule has 1 aliphatic heterocycles. The maximum absolute atomic E-state index is 12.1. The van der Waals surface area contributed by atoms with Crippen molar-refractivity contribution in [3.8, 4) is 0 Å². The van der Waals surface area contributed by atoms with Gasteiger partial charge < -0.3 is 10.2 Å². The Balaban J connectivity index is 2.04. The van der Waals surface area contributed by atoms with Crippen LogP contribution in [0.1, 0.15) is 26.0 Å². The average Bonchev–Trinajstić information content (AvgIpc) is 2.61. The molecule has 0 spiro atoms.